The van der Waals surface area contributed by atoms with Crippen LogP contribution < -0.4 is 9.47 Å². The number of hydrogen-bond donors (Lipinski definition) is 4. The van der Waals surface area contributed by atoms with Crippen LogP contribution in [0.25, 0.3) is 12.2 Å². The minimum atomic E-state index is -1.48. The predicted molar refractivity (Wildman–Crippen MR) is 121 cm³/mol. The predicted octanol–water partition coefficient (Wildman–Crippen LogP) is 1.65. The van der Waals surface area contributed by atoms with Gasteiger partial charge >= 0.3 is 11.9 Å². The molecule has 2 rings (SSSR count). The van der Waals surface area contributed by atoms with Crippen molar-refractivity contribution >= 4 is 24.1 Å². The number of phenols is 2. The van der Waals surface area contributed by atoms with E-state index in [1.807, 2.05) is 0 Å². The molecule has 0 unspecified atom stereocenters. The first-order valence-corrected chi connectivity index (χ1v) is 10.0. The molecule has 182 valence electrons. The minimum absolute atomic E-state index is 0.0453. The van der Waals surface area contributed by atoms with Crippen LogP contribution in [0.5, 0.6) is 23.0 Å². The van der Waals surface area contributed by atoms with E-state index in [9.17, 15) is 30.0 Å². The van der Waals surface area contributed by atoms with Crippen LogP contribution in [0.15, 0.2) is 48.6 Å². The van der Waals surface area contributed by atoms with E-state index < -0.39 is 37.4 Å². The number of methoxy groups -OCH3 is 2. The van der Waals surface area contributed by atoms with Gasteiger partial charge in [0.1, 0.15) is 25.4 Å². The van der Waals surface area contributed by atoms with Crippen molar-refractivity contribution in [2.75, 3.05) is 27.4 Å². The Bertz CT molecular complexity index is 961. The molecule has 34 heavy (non-hydrogen) atoms. The lowest BCUT2D eigenvalue weighted by Gasteiger charge is -2.16. The third-order valence-corrected chi connectivity index (χ3v) is 4.47. The standard InChI is InChI=1S/C24H26O10/c1-31-21-11-15(3-7-17(21)25)5-9-23(29)33-13-19(27)20(28)14-34-24(30)10-6-16-4-8-18(26)22(12-16)32-2/h3-12,19-20,25-28H,13-14H2,1-2H3/b9-5+,10-6+/t19-,20-/m1/s1. The van der Waals surface area contributed by atoms with Crippen LogP contribution in [0, 0.1) is 0 Å². The van der Waals surface area contributed by atoms with Gasteiger partial charge < -0.3 is 39.4 Å². The lowest BCUT2D eigenvalue weighted by Crippen LogP contribution is -2.35. The van der Waals surface area contributed by atoms with Crippen LogP contribution in [-0.2, 0) is 19.1 Å². The van der Waals surface area contributed by atoms with E-state index in [4.69, 9.17) is 18.9 Å². The molecule has 0 aliphatic carbocycles. The van der Waals surface area contributed by atoms with E-state index in [0.717, 1.165) is 12.2 Å². The Morgan fingerprint density at radius 3 is 1.50 bits per heavy atom. The molecule has 2 aromatic rings. The number of carbonyl (C=O) groups excluding carboxylic acids is 2. The van der Waals surface area contributed by atoms with Crippen LogP contribution in [0.4, 0.5) is 0 Å². The third kappa shape index (κ3) is 8.15. The lowest BCUT2D eigenvalue weighted by molar-refractivity contribution is -0.150. The Morgan fingerprint density at radius 1 is 0.765 bits per heavy atom. The fraction of sp³-hybridized carbons (Fsp3) is 0.250. The number of rotatable bonds is 11. The van der Waals surface area contributed by atoms with E-state index in [1.54, 1.807) is 12.1 Å². The fourth-order valence-electron chi connectivity index (χ4n) is 2.58. The van der Waals surface area contributed by atoms with Gasteiger partial charge in [-0.15, -0.1) is 0 Å². The van der Waals surface area contributed by atoms with Crippen LogP contribution in [0.1, 0.15) is 11.1 Å². The summed E-state index contributed by atoms with van der Waals surface area (Å²) in [6.45, 7) is -1.05. The van der Waals surface area contributed by atoms with Crippen LogP contribution in [0.3, 0.4) is 0 Å². The van der Waals surface area contributed by atoms with Crippen molar-refractivity contribution in [3.05, 3.63) is 59.7 Å². The van der Waals surface area contributed by atoms with Crippen LogP contribution in [0.2, 0.25) is 0 Å². The SMILES string of the molecule is COc1cc(/C=C/C(=O)OC[C@@H](O)[C@H](O)COC(=O)/C=C/c2ccc(O)c(OC)c2)ccc1O. The molecule has 0 radical (unpaired) electrons. The number of ether oxygens (including phenoxy) is 4. The highest BCUT2D eigenvalue weighted by molar-refractivity contribution is 5.87. The highest BCUT2D eigenvalue weighted by atomic mass is 16.6. The normalized spacial score (nSPS) is 12.9. The van der Waals surface area contributed by atoms with Gasteiger partial charge in [0, 0.05) is 12.2 Å². The summed E-state index contributed by atoms with van der Waals surface area (Å²) < 4.78 is 19.7. The molecular weight excluding hydrogens is 448 g/mol. The van der Waals surface area contributed by atoms with Gasteiger partial charge in [0.15, 0.2) is 23.0 Å². The van der Waals surface area contributed by atoms with E-state index >= 15 is 0 Å². The third-order valence-electron chi connectivity index (χ3n) is 4.47. The number of aliphatic hydroxyl groups is 2. The van der Waals surface area contributed by atoms with Crippen molar-refractivity contribution in [3.63, 3.8) is 0 Å². The van der Waals surface area contributed by atoms with Gasteiger partial charge in [-0.3, -0.25) is 0 Å². The molecule has 0 spiro atoms. The van der Waals surface area contributed by atoms with E-state index in [2.05, 4.69) is 0 Å². The molecule has 0 fully saturated rings. The Morgan fingerprint density at radius 2 is 1.15 bits per heavy atom. The van der Waals surface area contributed by atoms with Gasteiger partial charge in [-0.25, -0.2) is 9.59 Å². The quantitative estimate of drug-likeness (QED) is 0.279. The largest absolute Gasteiger partial charge is 0.504 e. The molecule has 10 heteroatoms. The number of esters is 2. The number of phenolic OH excluding ortho intramolecular Hbond substituents is 2. The molecule has 10 nitrogen and oxygen atoms in total. The summed E-state index contributed by atoms with van der Waals surface area (Å²) in [5, 5.41) is 38.9. The second-order valence-electron chi connectivity index (χ2n) is 6.92. The van der Waals surface area contributed by atoms with E-state index in [0.29, 0.717) is 11.1 Å². The fourth-order valence-corrected chi connectivity index (χ4v) is 2.58. The zero-order chi connectivity index (χ0) is 25.1. The monoisotopic (exact) mass is 474 g/mol. The number of hydrogen-bond acceptors (Lipinski definition) is 10. The summed E-state index contributed by atoms with van der Waals surface area (Å²) in [4.78, 5) is 23.6. The van der Waals surface area contributed by atoms with Gasteiger partial charge in [-0.2, -0.15) is 0 Å². The highest BCUT2D eigenvalue weighted by Crippen LogP contribution is 2.27. The Balaban J connectivity index is 1.76. The molecule has 0 heterocycles. The molecule has 0 saturated carbocycles. The molecular formula is C24H26O10. The molecule has 0 saturated heterocycles. The van der Waals surface area contributed by atoms with Gasteiger partial charge in [0.2, 0.25) is 0 Å². The first-order chi connectivity index (χ1) is 16.2. The van der Waals surface area contributed by atoms with Gasteiger partial charge in [0.25, 0.3) is 0 Å². The van der Waals surface area contributed by atoms with E-state index in [-0.39, 0.29) is 23.0 Å². The molecule has 0 bridgehead atoms. The molecule has 4 N–H and O–H groups in total. The Hall–Kier alpha value is -4.02. The van der Waals surface area contributed by atoms with Gasteiger partial charge in [-0.05, 0) is 47.5 Å². The van der Waals surface area contributed by atoms with Crippen molar-refractivity contribution in [1.29, 1.82) is 0 Å². The molecule has 0 aliphatic rings. The van der Waals surface area contributed by atoms with E-state index in [1.165, 1.54) is 50.6 Å². The Labute approximate surface area is 195 Å². The molecule has 0 aromatic heterocycles. The molecule has 0 aliphatic heterocycles. The van der Waals surface area contributed by atoms with Crippen molar-refractivity contribution in [2.45, 2.75) is 12.2 Å². The number of aromatic hydroxyl groups is 2. The highest BCUT2D eigenvalue weighted by Gasteiger charge is 2.19. The molecule has 2 atom stereocenters. The van der Waals surface area contributed by atoms with Crippen molar-refractivity contribution in [2.24, 2.45) is 0 Å². The summed E-state index contributed by atoms with van der Waals surface area (Å²) in [7, 11) is 2.79. The number of benzene rings is 2. The topological polar surface area (TPSA) is 152 Å². The average Bonchev–Trinajstić information content (AvgIpc) is 2.84. The second kappa shape index (κ2) is 12.9. The average molecular weight is 474 g/mol. The maximum atomic E-state index is 11.8. The molecule has 2 aromatic carbocycles. The van der Waals surface area contributed by atoms with Crippen molar-refractivity contribution < 1.29 is 49.0 Å². The number of aliphatic hydroxyl groups excluding tert-OH is 2. The maximum absolute atomic E-state index is 11.8. The summed E-state index contributed by atoms with van der Waals surface area (Å²) in [5.74, 6) is -1.17. The summed E-state index contributed by atoms with van der Waals surface area (Å²) in [6.07, 6.45) is 2.09. The first kappa shape index (κ1) is 26.2. The lowest BCUT2D eigenvalue weighted by atomic mass is 10.2. The van der Waals surface area contributed by atoms with Crippen molar-refractivity contribution in [3.8, 4) is 23.0 Å². The zero-order valence-electron chi connectivity index (χ0n) is 18.6. The van der Waals surface area contributed by atoms with Gasteiger partial charge in [-0.1, -0.05) is 12.1 Å². The summed E-state index contributed by atoms with van der Waals surface area (Å²) in [5.41, 5.74) is 1.13. The van der Waals surface area contributed by atoms with Gasteiger partial charge in [0.05, 0.1) is 14.2 Å². The van der Waals surface area contributed by atoms with Crippen molar-refractivity contribution in [1.82, 2.24) is 0 Å². The Kier molecular flexibility index (Phi) is 9.93. The van der Waals surface area contributed by atoms with Crippen LogP contribution >= 0.6 is 0 Å². The second-order valence-corrected chi connectivity index (χ2v) is 6.92. The number of carbonyl (C=O) groups is 2. The summed E-state index contributed by atoms with van der Waals surface area (Å²) in [6, 6.07) is 8.95. The first-order valence-electron chi connectivity index (χ1n) is 10.0. The van der Waals surface area contributed by atoms with Crippen LogP contribution in [-0.4, -0.2) is 72.0 Å². The minimum Gasteiger partial charge on any atom is -0.504 e. The maximum Gasteiger partial charge on any atom is 0.330 e. The summed E-state index contributed by atoms with van der Waals surface area (Å²) >= 11 is 0. The smallest absolute Gasteiger partial charge is 0.330 e. The molecule has 0 amide bonds. The zero-order valence-corrected chi connectivity index (χ0v) is 18.6.